The summed E-state index contributed by atoms with van der Waals surface area (Å²) in [5, 5.41) is 13.3. The molecule has 1 atom stereocenters. The van der Waals surface area contributed by atoms with Crippen LogP contribution >= 0.6 is 0 Å². The normalized spacial score (nSPS) is 18.1. The van der Waals surface area contributed by atoms with Crippen molar-refractivity contribution in [3.05, 3.63) is 41.9 Å². The van der Waals surface area contributed by atoms with E-state index in [1.54, 1.807) is 6.20 Å². The zero-order valence-corrected chi connectivity index (χ0v) is 10.1. The van der Waals surface area contributed by atoms with Crippen molar-refractivity contribution in [3.8, 4) is 11.9 Å². The molecule has 0 spiro atoms. The van der Waals surface area contributed by atoms with Gasteiger partial charge in [-0.05, 0) is 37.0 Å². The molecule has 4 nitrogen and oxygen atoms in total. The molecule has 18 heavy (non-hydrogen) atoms. The van der Waals surface area contributed by atoms with Crippen LogP contribution in [-0.4, -0.2) is 14.8 Å². The fourth-order valence-corrected chi connectivity index (χ4v) is 2.65. The van der Waals surface area contributed by atoms with Crippen LogP contribution < -0.4 is 0 Å². The second-order valence-corrected chi connectivity index (χ2v) is 4.60. The lowest BCUT2D eigenvalue weighted by molar-refractivity contribution is 0.549. The molecule has 2 aromatic heterocycles. The Morgan fingerprint density at radius 1 is 1.44 bits per heavy atom. The summed E-state index contributed by atoms with van der Waals surface area (Å²) in [6.45, 7) is 0. The van der Waals surface area contributed by atoms with Crippen molar-refractivity contribution in [2.24, 2.45) is 0 Å². The van der Waals surface area contributed by atoms with Gasteiger partial charge in [0.15, 0.2) is 5.82 Å². The second kappa shape index (κ2) is 4.61. The number of hydrogen-bond acceptors (Lipinski definition) is 3. The number of aromatic nitrogens is 3. The van der Waals surface area contributed by atoms with Crippen LogP contribution in [0.4, 0.5) is 0 Å². The molecule has 0 fully saturated rings. The van der Waals surface area contributed by atoms with Gasteiger partial charge in [-0.25, -0.2) is 9.67 Å². The summed E-state index contributed by atoms with van der Waals surface area (Å²) in [5.41, 5.74) is 2.45. The van der Waals surface area contributed by atoms with Crippen LogP contribution in [0.5, 0.6) is 0 Å². The van der Waals surface area contributed by atoms with Crippen LogP contribution in [0.2, 0.25) is 0 Å². The summed E-state index contributed by atoms with van der Waals surface area (Å²) in [6, 6.07) is 8.10. The molecule has 0 N–H and O–H groups in total. The molecule has 0 aliphatic heterocycles. The highest BCUT2D eigenvalue weighted by atomic mass is 15.3. The summed E-state index contributed by atoms with van der Waals surface area (Å²) in [5.74, 6) is 1.20. The first-order valence-electron chi connectivity index (χ1n) is 6.25. The van der Waals surface area contributed by atoms with Crippen molar-refractivity contribution in [2.75, 3.05) is 0 Å². The minimum atomic E-state index is 0.344. The van der Waals surface area contributed by atoms with Crippen LogP contribution in [0.15, 0.2) is 30.6 Å². The fraction of sp³-hybridized carbons (Fsp3) is 0.357. The van der Waals surface area contributed by atoms with Gasteiger partial charge in [-0.1, -0.05) is 6.07 Å². The molecule has 0 aromatic carbocycles. The largest absolute Gasteiger partial charge is 0.237 e. The number of nitrogens with zero attached hydrogens (tertiary/aromatic N) is 4. The van der Waals surface area contributed by atoms with E-state index in [1.807, 2.05) is 29.1 Å². The predicted octanol–water partition coefficient (Wildman–Crippen LogP) is 2.60. The van der Waals surface area contributed by atoms with Gasteiger partial charge in [0.05, 0.1) is 12.3 Å². The van der Waals surface area contributed by atoms with E-state index in [2.05, 4.69) is 16.2 Å². The first kappa shape index (κ1) is 11.0. The van der Waals surface area contributed by atoms with Gasteiger partial charge in [-0.2, -0.15) is 10.4 Å². The highest BCUT2D eigenvalue weighted by molar-refractivity contribution is 5.33. The first-order chi connectivity index (χ1) is 8.90. The molecule has 4 heteroatoms. The Labute approximate surface area is 106 Å². The van der Waals surface area contributed by atoms with E-state index >= 15 is 0 Å². The minimum Gasteiger partial charge on any atom is -0.237 e. The topological polar surface area (TPSA) is 54.5 Å². The Bertz CT molecular complexity index is 580. The fourth-order valence-electron chi connectivity index (χ4n) is 2.65. The van der Waals surface area contributed by atoms with Gasteiger partial charge in [0, 0.05) is 24.2 Å². The molecular weight excluding hydrogens is 224 g/mol. The zero-order chi connectivity index (χ0) is 12.4. The van der Waals surface area contributed by atoms with E-state index in [0.29, 0.717) is 12.3 Å². The van der Waals surface area contributed by atoms with E-state index in [1.165, 1.54) is 11.3 Å². The Morgan fingerprint density at radius 3 is 3.17 bits per heavy atom. The van der Waals surface area contributed by atoms with Gasteiger partial charge in [-0.15, -0.1) is 0 Å². The number of rotatable bonds is 2. The highest BCUT2D eigenvalue weighted by Crippen LogP contribution is 2.34. The minimum absolute atomic E-state index is 0.344. The lowest BCUT2D eigenvalue weighted by atomic mass is 9.85. The number of fused-ring (bicyclic) bond motifs is 1. The van der Waals surface area contributed by atoms with E-state index in [9.17, 15) is 0 Å². The summed E-state index contributed by atoms with van der Waals surface area (Å²) in [6.07, 6.45) is 7.51. The quantitative estimate of drug-likeness (QED) is 0.808. The van der Waals surface area contributed by atoms with Crippen LogP contribution in [0.1, 0.15) is 36.4 Å². The maximum atomic E-state index is 8.88. The third-order valence-electron chi connectivity index (χ3n) is 3.51. The van der Waals surface area contributed by atoms with Crippen LogP contribution in [0, 0.1) is 11.3 Å². The molecule has 0 amide bonds. The summed E-state index contributed by atoms with van der Waals surface area (Å²) < 4.78 is 1.92. The van der Waals surface area contributed by atoms with E-state index < -0.39 is 0 Å². The molecule has 0 radical (unpaired) electrons. The number of pyridine rings is 1. The maximum Gasteiger partial charge on any atom is 0.153 e. The summed E-state index contributed by atoms with van der Waals surface area (Å²) in [7, 11) is 0. The smallest absolute Gasteiger partial charge is 0.153 e. The van der Waals surface area contributed by atoms with Gasteiger partial charge >= 0.3 is 0 Å². The Hall–Kier alpha value is -2.15. The van der Waals surface area contributed by atoms with Crippen LogP contribution in [0.3, 0.4) is 0 Å². The van der Waals surface area contributed by atoms with Crippen molar-refractivity contribution in [2.45, 2.75) is 31.6 Å². The molecule has 1 aliphatic carbocycles. The Morgan fingerprint density at radius 2 is 2.39 bits per heavy atom. The molecular formula is C14H14N4. The summed E-state index contributed by atoms with van der Waals surface area (Å²) >= 11 is 0. The molecule has 0 saturated heterocycles. The molecule has 1 aliphatic rings. The van der Waals surface area contributed by atoms with Crippen LogP contribution in [-0.2, 0) is 6.42 Å². The number of nitriles is 1. The lowest BCUT2D eigenvalue weighted by Gasteiger charge is -2.20. The van der Waals surface area contributed by atoms with E-state index in [0.717, 1.165) is 25.1 Å². The standard InChI is InChI=1S/C14H14N4/c15-8-7-11-4-3-5-13-12(11)10-17-18(13)14-6-1-2-9-16-14/h1-2,6,9-11H,3-5,7H2. The van der Waals surface area contributed by atoms with Crippen LogP contribution in [0.25, 0.3) is 5.82 Å². The van der Waals surface area contributed by atoms with Gasteiger partial charge in [0.25, 0.3) is 0 Å². The van der Waals surface area contributed by atoms with Crippen molar-refractivity contribution in [1.82, 2.24) is 14.8 Å². The molecule has 0 saturated carbocycles. The monoisotopic (exact) mass is 238 g/mol. The Kier molecular flexibility index (Phi) is 2.81. The third kappa shape index (κ3) is 1.78. The zero-order valence-electron chi connectivity index (χ0n) is 10.1. The average molecular weight is 238 g/mol. The predicted molar refractivity (Wildman–Crippen MR) is 67.3 cm³/mol. The van der Waals surface area contributed by atoms with Crippen molar-refractivity contribution >= 4 is 0 Å². The van der Waals surface area contributed by atoms with Gasteiger partial charge < -0.3 is 0 Å². The summed E-state index contributed by atoms with van der Waals surface area (Å²) in [4.78, 5) is 4.34. The van der Waals surface area contributed by atoms with Gasteiger partial charge in [0.1, 0.15) is 0 Å². The average Bonchev–Trinajstić information content (AvgIpc) is 2.85. The maximum absolute atomic E-state index is 8.88. The Balaban J connectivity index is 2.03. The van der Waals surface area contributed by atoms with Crippen molar-refractivity contribution in [1.29, 1.82) is 5.26 Å². The van der Waals surface area contributed by atoms with E-state index in [-0.39, 0.29) is 0 Å². The molecule has 0 bridgehead atoms. The third-order valence-corrected chi connectivity index (χ3v) is 3.51. The van der Waals surface area contributed by atoms with Crippen molar-refractivity contribution in [3.63, 3.8) is 0 Å². The van der Waals surface area contributed by atoms with Gasteiger partial charge in [-0.3, -0.25) is 0 Å². The molecule has 2 aromatic rings. The molecule has 2 heterocycles. The number of hydrogen-bond donors (Lipinski definition) is 0. The molecule has 1 unspecified atom stereocenters. The lowest BCUT2D eigenvalue weighted by Crippen LogP contribution is -2.12. The second-order valence-electron chi connectivity index (χ2n) is 4.60. The van der Waals surface area contributed by atoms with E-state index in [4.69, 9.17) is 5.26 Å². The SMILES string of the molecule is N#CCC1CCCc2c1cnn2-c1ccccn1. The first-order valence-corrected chi connectivity index (χ1v) is 6.25. The van der Waals surface area contributed by atoms with Gasteiger partial charge in [0.2, 0.25) is 0 Å². The van der Waals surface area contributed by atoms with Crippen molar-refractivity contribution < 1.29 is 0 Å². The molecule has 3 rings (SSSR count). The molecule has 90 valence electrons. The highest BCUT2D eigenvalue weighted by Gasteiger charge is 2.24.